The summed E-state index contributed by atoms with van der Waals surface area (Å²) in [5.41, 5.74) is 1.33. The third-order valence-electron chi connectivity index (χ3n) is 2.93. The molecule has 0 aliphatic rings. The first-order valence-electron chi connectivity index (χ1n) is 6.14. The average molecular weight is 279 g/mol. The van der Waals surface area contributed by atoms with Crippen molar-refractivity contribution in [1.82, 2.24) is 9.55 Å². The van der Waals surface area contributed by atoms with Crippen molar-refractivity contribution < 1.29 is 0 Å². The molecular formula is C14H15ClN2O2. The van der Waals surface area contributed by atoms with Gasteiger partial charge in [0.05, 0.1) is 5.56 Å². The van der Waals surface area contributed by atoms with Gasteiger partial charge in [0.15, 0.2) is 0 Å². The van der Waals surface area contributed by atoms with Gasteiger partial charge in [-0.2, -0.15) is 0 Å². The van der Waals surface area contributed by atoms with Crippen LogP contribution in [0.3, 0.4) is 0 Å². The van der Waals surface area contributed by atoms with E-state index in [9.17, 15) is 9.59 Å². The first-order valence-corrected chi connectivity index (χ1v) is 6.52. The third-order valence-corrected chi connectivity index (χ3v) is 3.21. The highest BCUT2D eigenvalue weighted by Gasteiger charge is 2.13. The maximum Gasteiger partial charge on any atom is 0.329 e. The van der Waals surface area contributed by atoms with E-state index in [1.54, 1.807) is 0 Å². The molecule has 0 fully saturated rings. The number of hydrogen-bond acceptors (Lipinski definition) is 2. The fraction of sp³-hybridized carbons (Fsp3) is 0.286. The van der Waals surface area contributed by atoms with E-state index in [0.717, 1.165) is 5.56 Å². The lowest BCUT2D eigenvalue weighted by Crippen LogP contribution is -2.36. The zero-order valence-corrected chi connectivity index (χ0v) is 11.6. The van der Waals surface area contributed by atoms with Gasteiger partial charge in [0, 0.05) is 6.54 Å². The number of halogens is 1. The number of nitrogens with zero attached hydrogens (tertiary/aromatic N) is 1. The average Bonchev–Trinajstić information content (AvgIpc) is 2.36. The van der Waals surface area contributed by atoms with Gasteiger partial charge in [-0.25, -0.2) is 4.79 Å². The number of hydrogen-bond donors (Lipinski definition) is 1. The molecule has 100 valence electrons. The largest absolute Gasteiger partial charge is 0.329 e. The summed E-state index contributed by atoms with van der Waals surface area (Å²) in [5, 5.41) is 0.0891. The van der Waals surface area contributed by atoms with Gasteiger partial charge in [0.1, 0.15) is 5.15 Å². The Morgan fingerprint density at radius 3 is 2.42 bits per heavy atom. The topological polar surface area (TPSA) is 54.9 Å². The second-order valence-corrected chi connectivity index (χ2v) is 4.82. The molecule has 1 aromatic heterocycles. The number of nitrogens with one attached hydrogen (secondary N) is 1. The molecule has 0 radical (unpaired) electrons. The van der Waals surface area contributed by atoms with Crippen LogP contribution in [0.15, 0.2) is 33.9 Å². The lowest BCUT2D eigenvalue weighted by atomic mass is 10.1. The summed E-state index contributed by atoms with van der Waals surface area (Å²) in [6.07, 6.45) is 0.706. The van der Waals surface area contributed by atoms with Crippen LogP contribution in [0.5, 0.6) is 0 Å². The molecule has 0 unspecified atom stereocenters. The summed E-state index contributed by atoms with van der Waals surface area (Å²) >= 11 is 6.01. The van der Waals surface area contributed by atoms with Crippen LogP contribution in [0, 0.1) is 6.92 Å². The predicted molar refractivity (Wildman–Crippen MR) is 76.8 cm³/mol. The summed E-state index contributed by atoms with van der Waals surface area (Å²) < 4.78 is 1.18. The van der Waals surface area contributed by atoms with Crippen LogP contribution in [-0.2, 0) is 6.54 Å². The lowest BCUT2D eigenvalue weighted by molar-refractivity contribution is 0.617. The third kappa shape index (κ3) is 2.63. The standard InChI is InChI=1S/C14H15ClN2O2/c1-3-8-17-13(18)11(12(15)16-14(17)19)10-6-4-9(2)5-7-10/h4-7H,3,8H2,1-2H3,(H,16,19). The minimum atomic E-state index is -0.465. The van der Waals surface area contributed by atoms with Crippen molar-refractivity contribution in [3.63, 3.8) is 0 Å². The van der Waals surface area contributed by atoms with E-state index in [4.69, 9.17) is 11.6 Å². The lowest BCUT2D eigenvalue weighted by Gasteiger charge is -2.08. The van der Waals surface area contributed by atoms with Crippen molar-refractivity contribution in [2.75, 3.05) is 0 Å². The summed E-state index contributed by atoms with van der Waals surface area (Å²) in [6.45, 7) is 4.25. The second kappa shape index (κ2) is 5.45. The molecule has 0 aliphatic carbocycles. The molecular weight excluding hydrogens is 264 g/mol. The summed E-state index contributed by atoms with van der Waals surface area (Å²) in [7, 11) is 0. The van der Waals surface area contributed by atoms with Crippen molar-refractivity contribution in [1.29, 1.82) is 0 Å². The van der Waals surface area contributed by atoms with Gasteiger partial charge in [0.25, 0.3) is 5.56 Å². The van der Waals surface area contributed by atoms with E-state index >= 15 is 0 Å². The zero-order chi connectivity index (χ0) is 14.0. The van der Waals surface area contributed by atoms with E-state index < -0.39 is 5.69 Å². The Morgan fingerprint density at radius 2 is 1.84 bits per heavy atom. The van der Waals surface area contributed by atoms with Crippen LogP contribution in [-0.4, -0.2) is 9.55 Å². The smallest absolute Gasteiger partial charge is 0.297 e. The molecule has 0 spiro atoms. The molecule has 1 N–H and O–H groups in total. The molecule has 2 aromatic rings. The Morgan fingerprint density at radius 1 is 1.21 bits per heavy atom. The Labute approximate surface area is 115 Å². The zero-order valence-electron chi connectivity index (χ0n) is 10.9. The molecule has 0 saturated carbocycles. The molecule has 1 aromatic carbocycles. The number of aromatic amines is 1. The first-order chi connectivity index (χ1) is 9.04. The van der Waals surface area contributed by atoms with Crippen LogP contribution in [0.25, 0.3) is 11.1 Å². The number of benzene rings is 1. The quantitative estimate of drug-likeness (QED) is 0.878. The summed E-state index contributed by atoms with van der Waals surface area (Å²) in [5.74, 6) is 0. The number of aryl methyl sites for hydroxylation is 1. The van der Waals surface area contributed by atoms with Crippen molar-refractivity contribution in [3.05, 3.63) is 55.8 Å². The first kappa shape index (κ1) is 13.6. The van der Waals surface area contributed by atoms with Crippen molar-refractivity contribution in [3.8, 4) is 11.1 Å². The highest BCUT2D eigenvalue weighted by Crippen LogP contribution is 2.21. The van der Waals surface area contributed by atoms with Gasteiger partial charge < -0.3 is 0 Å². The van der Waals surface area contributed by atoms with E-state index in [2.05, 4.69) is 4.98 Å². The molecule has 0 atom stereocenters. The van der Waals surface area contributed by atoms with E-state index in [0.29, 0.717) is 24.1 Å². The van der Waals surface area contributed by atoms with Crippen LogP contribution in [0.1, 0.15) is 18.9 Å². The maximum absolute atomic E-state index is 12.3. The molecule has 19 heavy (non-hydrogen) atoms. The molecule has 0 amide bonds. The van der Waals surface area contributed by atoms with Gasteiger partial charge in [-0.3, -0.25) is 14.3 Å². The van der Waals surface area contributed by atoms with E-state index in [1.807, 2.05) is 38.1 Å². The Balaban J connectivity index is 2.70. The minimum Gasteiger partial charge on any atom is -0.297 e. The van der Waals surface area contributed by atoms with Crippen molar-refractivity contribution >= 4 is 11.6 Å². The van der Waals surface area contributed by atoms with Gasteiger partial charge in [0.2, 0.25) is 0 Å². The van der Waals surface area contributed by atoms with E-state index in [1.165, 1.54) is 4.57 Å². The van der Waals surface area contributed by atoms with Crippen molar-refractivity contribution in [2.24, 2.45) is 0 Å². The van der Waals surface area contributed by atoms with Gasteiger partial charge in [-0.15, -0.1) is 0 Å². The molecule has 4 nitrogen and oxygen atoms in total. The monoisotopic (exact) mass is 278 g/mol. The van der Waals surface area contributed by atoms with Gasteiger partial charge >= 0.3 is 5.69 Å². The Bertz CT molecular complexity index is 699. The van der Waals surface area contributed by atoms with Crippen molar-refractivity contribution in [2.45, 2.75) is 26.8 Å². The minimum absolute atomic E-state index is 0.0891. The number of aromatic nitrogens is 2. The normalized spacial score (nSPS) is 10.7. The highest BCUT2D eigenvalue weighted by atomic mass is 35.5. The number of rotatable bonds is 3. The van der Waals surface area contributed by atoms with E-state index in [-0.39, 0.29) is 10.7 Å². The summed E-state index contributed by atoms with van der Waals surface area (Å²) in [4.78, 5) is 26.6. The number of H-pyrrole nitrogens is 1. The Hall–Kier alpha value is -1.81. The SMILES string of the molecule is CCCn1c(=O)[nH]c(Cl)c(-c2ccc(C)cc2)c1=O. The second-order valence-electron chi connectivity index (χ2n) is 4.44. The fourth-order valence-corrected chi connectivity index (χ4v) is 2.21. The molecule has 1 heterocycles. The Kier molecular flexibility index (Phi) is 3.90. The highest BCUT2D eigenvalue weighted by molar-refractivity contribution is 6.32. The molecule has 0 bridgehead atoms. The molecule has 2 rings (SSSR count). The molecule has 5 heteroatoms. The maximum atomic E-state index is 12.3. The molecule has 0 aliphatic heterocycles. The van der Waals surface area contributed by atoms with Gasteiger partial charge in [-0.1, -0.05) is 48.4 Å². The van der Waals surface area contributed by atoms with Crippen LogP contribution in [0.4, 0.5) is 0 Å². The van der Waals surface area contributed by atoms with Gasteiger partial charge in [-0.05, 0) is 18.9 Å². The predicted octanol–water partition coefficient (Wildman–Crippen LogP) is 2.58. The fourth-order valence-electron chi connectivity index (χ4n) is 1.94. The summed E-state index contributed by atoms with van der Waals surface area (Å²) in [6, 6.07) is 7.46. The van der Waals surface area contributed by atoms with Crippen LogP contribution >= 0.6 is 11.6 Å². The van der Waals surface area contributed by atoms with Crippen LogP contribution < -0.4 is 11.2 Å². The molecule has 0 saturated heterocycles. The van der Waals surface area contributed by atoms with Crippen LogP contribution in [0.2, 0.25) is 5.15 Å².